The Kier molecular flexibility index (Phi) is 4.77. The molecule has 1 N–H and O–H groups in total. The van der Waals surface area contributed by atoms with Crippen LogP contribution in [0.5, 0.6) is 0 Å². The zero-order valence-corrected chi connectivity index (χ0v) is 11.1. The molecule has 100 valence electrons. The third-order valence-electron chi connectivity index (χ3n) is 2.88. The number of aliphatic hydroxyl groups excluding tert-OH is 1. The van der Waals surface area contributed by atoms with Crippen LogP contribution in [0.3, 0.4) is 0 Å². The Labute approximate surface area is 103 Å². The van der Waals surface area contributed by atoms with Gasteiger partial charge in [-0.2, -0.15) is 0 Å². The molecule has 2 unspecified atom stereocenters. The monoisotopic (exact) mass is 245 g/mol. The first-order valence-corrected chi connectivity index (χ1v) is 6.07. The number of nitrogens with zero attached hydrogens (tertiary/aromatic N) is 1. The molecule has 0 aliphatic carbocycles. The van der Waals surface area contributed by atoms with E-state index < -0.39 is 0 Å². The van der Waals surface area contributed by atoms with Gasteiger partial charge in [0.25, 0.3) is 0 Å². The van der Waals surface area contributed by atoms with Gasteiger partial charge in [0.05, 0.1) is 38.5 Å². The van der Waals surface area contributed by atoms with Gasteiger partial charge in [-0.15, -0.1) is 0 Å². The van der Waals surface area contributed by atoms with E-state index in [0.717, 1.165) is 0 Å². The molecule has 1 fully saturated rings. The van der Waals surface area contributed by atoms with E-state index in [9.17, 15) is 4.79 Å². The van der Waals surface area contributed by atoms with Crippen LogP contribution in [-0.4, -0.2) is 54.6 Å². The Hall–Kier alpha value is -0.810. The van der Waals surface area contributed by atoms with Gasteiger partial charge in [-0.1, -0.05) is 20.8 Å². The van der Waals surface area contributed by atoms with E-state index in [1.54, 1.807) is 11.8 Å². The fraction of sp³-hybridized carbons (Fsp3) is 0.917. The minimum atomic E-state index is -0.281. The third-order valence-corrected chi connectivity index (χ3v) is 2.88. The van der Waals surface area contributed by atoms with Crippen molar-refractivity contribution in [1.82, 2.24) is 4.90 Å². The van der Waals surface area contributed by atoms with Crippen LogP contribution < -0.4 is 0 Å². The van der Waals surface area contributed by atoms with Crippen molar-refractivity contribution in [3.8, 4) is 0 Å². The van der Waals surface area contributed by atoms with Crippen molar-refractivity contribution in [1.29, 1.82) is 0 Å². The summed E-state index contributed by atoms with van der Waals surface area (Å²) in [6, 6.07) is 0.00750. The number of hydrogen-bond donors (Lipinski definition) is 1. The van der Waals surface area contributed by atoms with Crippen LogP contribution in [-0.2, 0) is 9.47 Å². The molecule has 2 atom stereocenters. The minimum absolute atomic E-state index is 0.00672. The standard InChI is InChI=1S/C12H23NO4/c1-5-16-11(15)13-8-9(17-7-6-14)10(13)12(2,3)4/h9-10,14H,5-8H2,1-4H3. The van der Waals surface area contributed by atoms with Gasteiger partial charge in [-0.25, -0.2) is 4.79 Å². The molecule has 0 saturated carbocycles. The first-order valence-electron chi connectivity index (χ1n) is 6.07. The van der Waals surface area contributed by atoms with E-state index in [4.69, 9.17) is 14.6 Å². The van der Waals surface area contributed by atoms with Crippen LogP contribution >= 0.6 is 0 Å². The Bertz CT molecular complexity index is 262. The van der Waals surface area contributed by atoms with E-state index in [1.165, 1.54) is 0 Å². The Balaban J connectivity index is 2.61. The second kappa shape index (κ2) is 5.69. The first kappa shape index (κ1) is 14.3. The predicted octanol–water partition coefficient (Wildman–Crippen LogP) is 1.25. The van der Waals surface area contributed by atoms with E-state index in [2.05, 4.69) is 20.8 Å². The summed E-state index contributed by atoms with van der Waals surface area (Å²) < 4.78 is 10.5. The quantitative estimate of drug-likeness (QED) is 0.810. The zero-order chi connectivity index (χ0) is 13.1. The average molecular weight is 245 g/mol. The second-order valence-corrected chi connectivity index (χ2v) is 5.29. The van der Waals surface area contributed by atoms with Crippen molar-refractivity contribution in [3.05, 3.63) is 0 Å². The minimum Gasteiger partial charge on any atom is -0.450 e. The van der Waals surface area contributed by atoms with Crippen molar-refractivity contribution in [2.75, 3.05) is 26.4 Å². The molecule has 1 amide bonds. The fourth-order valence-corrected chi connectivity index (χ4v) is 2.24. The molecular formula is C12H23NO4. The van der Waals surface area contributed by atoms with E-state index in [1.807, 2.05) is 0 Å². The van der Waals surface area contributed by atoms with Crippen molar-refractivity contribution < 1.29 is 19.4 Å². The lowest BCUT2D eigenvalue weighted by molar-refractivity contribution is -0.132. The Morgan fingerprint density at radius 2 is 2.12 bits per heavy atom. The number of rotatable bonds is 4. The number of hydrogen-bond acceptors (Lipinski definition) is 4. The molecular weight excluding hydrogens is 222 g/mol. The van der Waals surface area contributed by atoms with Crippen LogP contribution in [0, 0.1) is 5.41 Å². The highest BCUT2D eigenvalue weighted by atomic mass is 16.6. The van der Waals surface area contributed by atoms with Crippen molar-refractivity contribution in [3.63, 3.8) is 0 Å². The maximum absolute atomic E-state index is 11.7. The summed E-state index contributed by atoms with van der Waals surface area (Å²) in [5.41, 5.74) is -0.0644. The summed E-state index contributed by atoms with van der Waals surface area (Å²) in [5.74, 6) is 0. The highest BCUT2D eigenvalue weighted by Crippen LogP contribution is 2.36. The van der Waals surface area contributed by atoms with E-state index in [-0.39, 0.29) is 30.3 Å². The number of aliphatic hydroxyl groups is 1. The van der Waals surface area contributed by atoms with Crippen molar-refractivity contribution >= 4 is 6.09 Å². The molecule has 0 aromatic heterocycles. The highest BCUT2D eigenvalue weighted by molar-refractivity contribution is 5.69. The van der Waals surface area contributed by atoms with Gasteiger partial charge in [0.15, 0.2) is 0 Å². The number of carbonyl (C=O) groups excluding carboxylic acids is 1. The molecule has 1 aliphatic heterocycles. The summed E-state index contributed by atoms with van der Waals surface area (Å²) in [6.07, 6.45) is -0.289. The number of carbonyl (C=O) groups is 1. The van der Waals surface area contributed by atoms with Gasteiger partial charge in [0, 0.05) is 0 Å². The Morgan fingerprint density at radius 3 is 2.59 bits per heavy atom. The first-order chi connectivity index (χ1) is 7.91. The zero-order valence-electron chi connectivity index (χ0n) is 11.1. The normalized spacial score (nSPS) is 24.4. The smallest absolute Gasteiger partial charge is 0.410 e. The van der Waals surface area contributed by atoms with Crippen LogP contribution in [0.2, 0.25) is 0 Å². The summed E-state index contributed by atoms with van der Waals surface area (Å²) in [7, 11) is 0. The van der Waals surface area contributed by atoms with E-state index >= 15 is 0 Å². The largest absolute Gasteiger partial charge is 0.450 e. The summed E-state index contributed by atoms with van der Waals surface area (Å²) in [6.45, 7) is 9.24. The predicted molar refractivity (Wildman–Crippen MR) is 63.8 cm³/mol. The molecule has 0 spiro atoms. The average Bonchev–Trinajstić information content (AvgIpc) is 2.13. The SMILES string of the molecule is CCOC(=O)N1CC(OCCO)C1C(C)(C)C. The Morgan fingerprint density at radius 1 is 1.47 bits per heavy atom. The third kappa shape index (κ3) is 3.33. The topological polar surface area (TPSA) is 59.0 Å². The molecule has 0 bridgehead atoms. The van der Waals surface area contributed by atoms with Gasteiger partial charge in [0.2, 0.25) is 0 Å². The van der Waals surface area contributed by atoms with Gasteiger partial charge in [-0.05, 0) is 12.3 Å². The van der Waals surface area contributed by atoms with Crippen molar-refractivity contribution in [2.45, 2.75) is 39.8 Å². The van der Waals surface area contributed by atoms with E-state index in [0.29, 0.717) is 19.8 Å². The van der Waals surface area contributed by atoms with Crippen LogP contribution in [0.15, 0.2) is 0 Å². The molecule has 17 heavy (non-hydrogen) atoms. The molecule has 5 nitrogen and oxygen atoms in total. The van der Waals surface area contributed by atoms with Gasteiger partial charge >= 0.3 is 6.09 Å². The maximum atomic E-state index is 11.7. The van der Waals surface area contributed by atoms with Gasteiger partial charge in [0.1, 0.15) is 0 Å². The molecule has 1 heterocycles. The van der Waals surface area contributed by atoms with Crippen molar-refractivity contribution in [2.24, 2.45) is 5.41 Å². The number of amides is 1. The number of likely N-dealkylation sites (tertiary alicyclic amines) is 1. The van der Waals surface area contributed by atoms with Gasteiger partial charge in [-0.3, -0.25) is 4.90 Å². The van der Waals surface area contributed by atoms with Crippen LogP contribution in [0.25, 0.3) is 0 Å². The molecule has 0 radical (unpaired) electrons. The maximum Gasteiger partial charge on any atom is 0.410 e. The van der Waals surface area contributed by atoms with Gasteiger partial charge < -0.3 is 14.6 Å². The summed E-state index contributed by atoms with van der Waals surface area (Å²) >= 11 is 0. The molecule has 0 aromatic rings. The molecule has 1 saturated heterocycles. The van der Waals surface area contributed by atoms with Crippen LogP contribution in [0.1, 0.15) is 27.7 Å². The highest BCUT2D eigenvalue weighted by Gasteiger charge is 2.49. The number of ether oxygens (including phenoxy) is 2. The lowest BCUT2D eigenvalue weighted by Gasteiger charge is -2.52. The summed E-state index contributed by atoms with van der Waals surface area (Å²) in [5, 5.41) is 8.75. The molecule has 1 rings (SSSR count). The lowest BCUT2D eigenvalue weighted by atomic mass is 9.77. The molecule has 1 aliphatic rings. The molecule has 0 aromatic carbocycles. The lowest BCUT2D eigenvalue weighted by Crippen LogP contribution is -2.67. The van der Waals surface area contributed by atoms with Crippen LogP contribution in [0.4, 0.5) is 4.79 Å². The second-order valence-electron chi connectivity index (χ2n) is 5.29. The summed E-state index contributed by atoms with van der Waals surface area (Å²) in [4.78, 5) is 13.4. The molecule has 5 heteroatoms. The fourth-order valence-electron chi connectivity index (χ4n) is 2.24.